The van der Waals surface area contributed by atoms with Gasteiger partial charge in [0, 0.05) is 16.3 Å². The van der Waals surface area contributed by atoms with Crippen LogP contribution in [0.15, 0.2) is 59.6 Å². The molecule has 0 N–H and O–H groups in total. The number of thioether (sulfide) groups is 1. The van der Waals surface area contributed by atoms with Gasteiger partial charge in [-0.3, -0.25) is 0 Å². The van der Waals surface area contributed by atoms with Crippen molar-refractivity contribution in [3.63, 3.8) is 0 Å². The van der Waals surface area contributed by atoms with E-state index in [4.69, 9.17) is 16.6 Å². The van der Waals surface area contributed by atoms with Gasteiger partial charge in [-0.1, -0.05) is 54.1 Å². The molecule has 3 aromatic rings. The summed E-state index contributed by atoms with van der Waals surface area (Å²) < 4.78 is 0. The molecule has 1 aliphatic rings. The van der Waals surface area contributed by atoms with Gasteiger partial charge in [0.2, 0.25) is 0 Å². The number of halogens is 1. The summed E-state index contributed by atoms with van der Waals surface area (Å²) >= 11 is 7.62. The molecule has 2 nitrogen and oxygen atoms in total. The second-order valence-electron chi connectivity index (χ2n) is 6.70. The fourth-order valence-corrected chi connectivity index (χ4v) is 4.67. The fourth-order valence-electron chi connectivity index (χ4n) is 3.58. The smallest absolute Gasteiger partial charge is 0.115 e. The Morgan fingerprint density at radius 3 is 2.37 bits per heavy atom. The van der Waals surface area contributed by atoms with Gasteiger partial charge < -0.3 is 0 Å². The number of hydrogen-bond acceptors (Lipinski definition) is 3. The maximum absolute atomic E-state index is 9.85. The molecular weight excluding hydrogens is 372 g/mol. The van der Waals surface area contributed by atoms with Crippen LogP contribution in [-0.4, -0.2) is 4.98 Å². The second-order valence-corrected chi connectivity index (χ2v) is 8.10. The largest absolute Gasteiger partial charge is 0.240 e. The Hall–Kier alpha value is -2.28. The number of benzene rings is 2. The van der Waals surface area contributed by atoms with Crippen LogP contribution in [0.1, 0.15) is 35.1 Å². The van der Waals surface area contributed by atoms with Crippen LogP contribution in [0.4, 0.5) is 0 Å². The Kier molecular flexibility index (Phi) is 5.48. The van der Waals surface area contributed by atoms with Crippen molar-refractivity contribution in [3.8, 4) is 17.3 Å². The summed E-state index contributed by atoms with van der Waals surface area (Å²) in [6.07, 6.45) is 4.27. The second kappa shape index (κ2) is 8.17. The van der Waals surface area contributed by atoms with E-state index in [0.29, 0.717) is 0 Å². The van der Waals surface area contributed by atoms with Gasteiger partial charge in [-0.2, -0.15) is 5.26 Å². The van der Waals surface area contributed by atoms with E-state index in [1.165, 1.54) is 16.7 Å². The third kappa shape index (κ3) is 3.88. The molecule has 0 saturated carbocycles. The molecule has 1 aliphatic carbocycles. The van der Waals surface area contributed by atoms with Crippen LogP contribution in [-0.2, 0) is 18.6 Å². The molecule has 0 bridgehead atoms. The van der Waals surface area contributed by atoms with Crippen LogP contribution in [0.3, 0.4) is 0 Å². The molecule has 0 saturated heterocycles. The maximum Gasteiger partial charge on any atom is 0.115 e. The topological polar surface area (TPSA) is 36.7 Å². The normalized spacial score (nSPS) is 13.0. The highest BCUT2D eigenvalue weighted by Crippen LogP contribution is 2.37. The SMILES string of the molecule is N#Cc1c(SCc2ccc(Cl)cc2)nc(-c2ccccc2)c2c1CCCC2. The lowest BCUT2D eigenvalue weighted by molar-refractivity contribution is 0.677. The van der Waals surface area contributed by atoms with Gasteiger partial charge in [0.1, 0.15) is 11.1 Å². The summed E-state index contributed by atoms with van der Waals surface area (Å²) in [5, 5.41) is 11.4. The monoisotopic (exact) mass is 390 g/mol. The summed E-state index contributed by atoms with van der Waals surface area (Å²) in [7, 11) is 0. The van der Waals surface area contributed by atoms with Gasteiger partial charge >= 0.3 is 0 Å². The van der Waals surface area contributed by atoms with E-state index >= 15 is 0 Å². The van der Waals surface area contributed by atoms with Gasteiger partial charge in [-0.25, -0.2) is 4.98 Å². The number of rotatable bonds is 4. The lowest BCUT2D eigenvalue weighted by atomic mass is 9.86. The summed E-state index contributed by atoms with van der Waals surface area (Å²) in [5.41, 5.74) is 6.59. The lowest BCUT2D eigenvalue weighted by Crippen LogP contribution is -2.10. The highest BCUT2D eigenvalue weighted by atomic mass is 35.5. The minimum absolute atomic E-state index is 0.736. The third-order valence-electron chi connectivity index (χ3n) is 4.93. The number of aromatic nitrogens is 1. The first-order valence-electron chi connectivity index (χ1n) is 9.15. The average Bonchev–Trinajstić information content (AvgIpc) is 2.73. The molecule has 27 heavy (non-hydrogen) atoms. The number of hydrogen-bond donors (Lipinski definition) is 0. The molecule has 134 valence electrons. The number of nitriles is 1. The molecule has 0 radical (unpaired) electrons. The van der Waals surface area contributed by atoms with Crippen LogP contribution in [0.2, 0.25) is 5.02 Å². The molecule has 0 atom stereocenters. The first-order valence-corrected chi connectivity index (χ1v) is 10.5. The average molecular weight is 391 g/mol. The molecule has 0 spiro atoms. The highest BCUT2D eigenvalue weighted by molar-refractivity contribution is 7.98. The molecule has 1 heterocycles. The van der Waals surface area contributed by atoms with E-state index < -0.39 is 0 Å². The van der Waals surface area contributed by atoms with Crippen LogP contribution < -0.4 is 0 Å². The van der Waals surface area contributed by atoms with Crippen LogP contribution in [0.25, 0.3) is 11.3 Å². The van der Waals surface area contributed by atoms with E-state index in [2.05, 4.69) is 18.2 Å². The van der Waals surface area contributed by atoms with E-state index in [0.717, 1.165) is 58.3 Å². The van der Waals surface area contributed by atoms with E-state index in [1.54, 1.807) is 11.8 Å². The predicted molar refractivity (Wildman–Crippen MR) is 112 cm³/mol. The zero-order valence-electron chi connectivity index (χ0n) is 14.9. The third-order valence-corrected chi connectivity index (χ3v) is 6.23. The van der Waals surface area contributed by atoms with Crippen molar-refractivity contribution in [2.24, 2.45) is 0 Å². The Bertz CT molecular complexity index is 992. The summed E-state index contributed by atoms with van der Waals surface area (Å²) in [5.74, 6) is 0.770. The van der Waals surface area contributed by atoms with Crippen molar-refractivity contribution in [1.82, 2.24) is 4.98 Å². The Morgan fingerprint density at radius 1 is 0.963 bits per heavy atom. The Morgan fingerprint density at radius 2 is 1.67 bits per heavy atom. The molecule has 2 aromatic carbocycles. The van der Waals surface area contributed by atoms with Crippen LogP contribution >= 0.6 is 23.4 Å². The van der Waals surface area contributed by atoms with Crippen LogP contribution in [0, 0.1) is 11.3 Å². The van der Waals surface area contributed by atoms with Gasteiger partial charge in [0.25, 0.3) is 0 Å². The summed E-state index contributed by atoms with van der Waals surface area (Å²) in [4.78, 5) is 4.97. The predicted octanol–water partition coefficient (Wildman–Crippen LogP) is 6.44. The molecule has 4 heteroatoms. The maximum atomic E-state index is 9.85. The number of nitrogens with zero attached hydrogens (tertiary/aromatic N) is 2. The Balaban J connectivity index is 1.76. The quantitative estimate of drug-likeness (QED) is 0.480. The molecule has 0 amide bonds. The molecule has 4 rings (SSSR count). The van der Waals surface area contributed by atoms with Gasteiger partial charge in [0.15, 0.2) is 0 Å². The van der Waals surface area contributed by atoms with Gasteiger partial charge in [-0.15, -0.1) is 11.8 Å². The van der Waals surface area contributed by atoms with E-state index in [1.807, 2.05) is 42.5 Å². The minimum Gasteiger partial charge on any atom is -0.240 e. The van der Waals surface area contributed by atoms with Crippen molar-refractivity contribution < 1.29 is 0 Å². The Labute approximate surface area is 169 Å². The zero-order valence-corrected chi connectivity index (χ0v) is 16.5. The van der Waals surface area contributed by atoms with Crippen molar-refractivity contribution in [2.75, 3.05) is 0 Å². The fraction of sp³-hybridized carbons (Fsp3) is 0.217. The molecule has 0 fully saturated rings. The van der Waals surface area contributed by atoms with Crippen molar-refractivity contribution in [1.29, 1.82) is 5.26 Å². The first-order chi connectivity index (χ1) is 13.3. The minimum atomic E-state index is 0.736. The number of pyridine rings is 1. The molecule has 0 unspecified atom stereocenters. The molecule has 1 aromatic heterocycles. The first kappa shape index (κ1) is 18.1. The standard InChI is InChI=1S/C23H19ClN2S/c24-18-12-10-16(11-13-18)15-27-23-21(14-25)19-8-4-5-9-20(19)22(26-23)17-6-2-1-3-7-17/h1-3,6-7,10-13H,4-5,8-9,15H2. The van der Waals surface area contributed by atoms with E-state index in [-0.39, 0.29) is 0 Å². The zero-order chi connectivity index (χ0) is 18.6. The lowest BCUT2D eigenvalue weighted by Gasteiger charge is -2.22. The summed E-state index contributed by atoms with van der Waals surface area (Å²) in [6, 6.07) is 20.6. The highest BCUT2D eigenvalue weighted by Gasteiger charge is 2.23. The molecule has 0 aliphatic heterocycles. The summed E-state index contributed by atoms with van der Waals surface area (Å²) in [6.45, 7) is 0. The molecular formula is C23H19ClN2S. The van der Waals surface area contributed by atoms with Crippen molar-refractivity contribution in [3.05, 3.63) is 81.9 Å². The van der Waals surface area contributed by atoms with Gasteiger partial charge in [0.05, 0.1) is 11.3 Å². The number of fused-ring (bicyclic) bond motifs is 1. The van der Waals surface area contributed by atoms with Crippen molar-refractivity contribution >= 4 is 23.4 Å². The van der Waals surface area contributed by atoms with Crippen molar-refractivity contribution in [2.45, 2.75) is 36.5 Å². The van der Waals surface area contributed by atoms with Crippen LogP contribution in [0.5, 0.6) is 0 Å². The van der Waals surface area contributed by atoms with E-state index in [9.17, 15) is 5.26 Å². The van der Waals surface area contributed by atoms with Gasteiger partial charge in [-0.05, 0) is 54.5 Å².